The molecule has 45 heavy (non-hydrogen) atoms. The van der Waals surface area contributed by atoms with Crippen molar-refractivity contribution in [2.24, 2.45) is 0 Å². The van der Waals surface area contributed by atoms with Gasteiger partial charge in [-0.25, -0.2) is 0 Å². The topological polar surface area (TPSA) is 9.86 Å². The maximum atomic E-state index is 2.46. The van der Waals surface area contributed by atoms with Crippen LogP contribution in [0.1, 0.15) is 0 Å². The summed E-state index contributed by atoms with van der Waals surface area (Å²) in [6.45, 7) is 0. The standard InChI is InChI=1S/C42H26N2S/c1-2-10-29(11-3-1)43-37-15-7-4-12-31(37)35-24-25-36-32-13-5-8-16-38(32)44(42(36)41(35)43)30-21-18-27(19-22-30)28-20-23-34-33-14-6-9-17-39(33)45-40(34)26-28/h1-26H. The Morgan fingerprint density at radius 2 is 0.822 bits per heavy atom. The van der Waals surface area contributed by atoms with Gasteiger partial charge in [0.1, 0.15) is 0 Å². The molecule has 3 aromatic heterocycles. The van der Waals surface area contributed by atoms with E-state index in [1.165, 1.54) is 80.6 Å². The zero-order valence-corrected chi connectivity index (χ0v) is 25.1. The van der Waals surface area contributed by atoms with Crippen LogP contribution in [0.5, 0.6) is 0 Å². The van der Waals surface area contributed by atoms with Gasteiger partial charge in [0.2, 0.25) is 0 Å². The van der Waals surface area contributed by atoms with Crippen molar-refractivity contribution in [3.05, 3.63) is 158 Å². The summed E-state index contributed by atoms with van der Waals surface area (Å²) in [5.41, 5.74) is 9.69. The number of para-hydroxylation sites is 3. The van der Waals surface area contributed by atoms with Crippen LogP contribution in [0.3, 0.4) is 0 Å². The van der Waals surface area contributed by atoms with Crippen LogP contribution in [0.4, 0.5) is 0 Å². The Hall–Kier alpha value is -5.64. The quantitative estimate of drug-likeness (QED) is 0.194. The summed E-state index contributed by atoms with van der Waals surface area (Å²) < 4.78 is 7.57. The van der Waals surface area contributed by atoms with Crippen molar-refractivity contribution in [3.63, 3.8) is 0 Å². The van der Waals surface area contributed by atoms with Crippen LogP contribution < -0.4 is 0 Å². The highest BCUT2D eigenvalue weighted by atomic mass is 32.1. The van der Waals surface area contributed by atoms with Crippen molar-refractivity contribution in [1.29, 1.82) is 0 Å². The molecule has 3 heterocycles. The molecule has 0 saturated carbocycles. The molecule has 0 amide bonds. The molecule has 10 aromatic rings. The number of rotatable bonds is 3. The van der Waals surface area contributed by atoms with E-state index in [9.17, 15) is 0 Å². The van der Waals surface area contributed by atoms with Gasteiger partial charge in [-0.1, -0.05) is 109 Å². The molecular formula is C42H26N2S. The van der Waals surface area contributed by atoms with Crippen LogP contribution in [0, 0.1) is 0 Å². The third-order valence-electron chi connectivity index (χ3n) is 9.32. The Labute approximate surface area is 263 Å². The monoisotopic (exact) mass is 590 g/mol. The highest BCUT2D eigenvalue weighted by Gasteiger charge is 2.21. The zero-order chi connectivity index (χ0) is 29.5. The molecule has 0 bridgehead atoms. The van der Waals surface area contributed by atoms with Gasteiger partial charge >= 0.3 is 0 Å². The first-order valence-corrected chi connectivity index (χ1v) is 16.2. The number of hydrogen-bond donors (Lipinski definition) is 0. The maximum Gasteiger partial charge on any atom is 0.0788 e. The van der Waals surface area contributed by atoms with Crippen molar-refractivity contribution >= 4 is 75.1 Å². The van der Waals surface area contributed by atoms with Crippen molar-refractivity contribution in [2.45, 2.75) is 0 Å². The Morgan fingerprint density at radius 3 is 1.49 bits per heavy atom. The summed E-state index contributed by atoms with van der Waals surface area (Å²) in [5.74, 6) is 0. The lowest BCUT2D eigenvalue weighted by atomic mass is 10.0. The van der Waals surface area contributed by atoms with E-state index in [0.29, 0.717) is 0 Å². The van der Waals surface area contributed by atoms with Crippen molar-refractivity contribution in [3.8, 4) is 22.5 Å². The second kappa shape index (κ2) is 9.43. The lowest BCUT2D eigenvalue weighted by molar-refractivity contribution is 1.15. The Bertz CT molecular complexity index is 2740. The minimum atomic E-state index is 1.16. The normalized spacial score (nSPS) is 12.0. The second-order valence-electron chi connectivity index (χ2n) is 11.8. The smallest absolute Gasteiger partial charge is 0.0788 e. The molecule has 0 unspecified atom stereocenters. The van der Waals surface area contributed by atoms with Gasteiger partial charge in [-0.05, 0) is 59.7 Å². The molecule has 0 radical (unpaired) electrons. The molecule has 0 saturated heterocycles. The fourth-order valence-electron chi connectivity index (χ4n) is 7.32. The van der Waals surface area contributed by atoms with E-state index in [-0.39, 0.29) is 0 Å². The van der Waals surface area contributed by atoms with Crippen molar-refractivity contribution < 1.29 is 0 Å². The van der Waals surface area contributed by atoms with Gasteiger partial charge in [0.05, 0.1) is 22.1 Å². The van der Waals surface area contributed by atoms with Gasteiger partial charge in [-0.15, -0.1) is 11.3 Å². The van der Waals surface area contributed by atoms with E-state index >= 15 is 0 Å². The van der Waals surface area contributed by atoms with E-state index in [1.54, 1.807) is 0 Å². The molecule has 0 spiro atoms. The minimum absolute atomic E-state index is 1.16. The maximum absolute atomic E-state index is 2.46. The Morgan fingerprint density at radius 1 is 0.333 bits per heavy atom. The summed E-state index contributed by atoms with van der Waals surface area (Å²) in [5, 5.41) is 7.72. The predicted molar refractivity (Wildman–Crippen MR) is 193 cm³/mol. The van der Waals surface area contributed by atoms with Gasteiger partial charge in [-0.3, -0.25) is 0 Å². The molecule has 0 fully saturated rings. The third kappa shape index (κ3) is 3.56. The summed E-state index contributed by atoms with van der Waals surface area (Å²) in [4.78, 5) is 0. The van der Waals surface area contributed by atoms with Gasteiger partial charge in [0, 0.05) is 53.1 Å². The molecule has 3 heteroatoms. The van der Waals surface area contributed by atoms with Gasteiger partial charge in [0.15, 0.2) is 0 Å². The Balaban J connectivity index is 1.23. The molecule has 2 nitrogen and oxygen atoms in total. The number of aromatic nitrogens is 2. The number of fused-ring (bicyclic) bond motifs is 10. The van der Waals surface area contributed by atoms with E-state index in [0.717, 1.165) is 5.69 Å². The molecule has 7 aromatic carbocycles. The minimum Gasteiger partial charge on any atom is -0.307 e. The van der Waals surface area contributed by atoms with E-state index in [1.807, 2.05) is 11.3 Å². The number of nitrogens with zero attached hydrogens (tertiary/aromatic N) is 2. The predicted octanol–water partition coefficient (Wildman–Crippen LogP) is 11.9. The zero-order valence-electron chi connectivity index (χ0n) is 24.3. The highest BCUT2D eigenvalue weighted by Crippen LogP contribution is 2.42. The first-order valence-electron chi connectivity index (χ1n) is 15.4. The first kappa shape index (κ1) is 24.8. The molecule has 10 rings (SSSR count). The van der Waals surface area contributed by atoms with Crippen molar-refractivity contribution in [1.82, 2.24) is 9.13 Å². The average molecular weight is 591 g/mol. The van der Waals surface area contributed by atoms with Crippen molar-refractivity contribution in [2.75, 3.05) is 0 Å². The summed E-state index contributed by atoms with van der Waals surface area (Å²) in [7, 11) is 0. The van der Waals surface area contributed by atoms with E-state index < -0.39 is 0 Å². The van der Waals surface area contributed by atoms with Gasteiger partial charge in [0.25, 0.3) is 0 Å². The molecule has 0 aliphatic carbocycles. The SMILES string of the molecule is c1ccc(-n2c3ccccc3c3ccc4c5ccccc5n(-c5ccc(-c6ccc7c(c6)sc6ccccc67)cc5)c4c32)cc1. The number of thiophene rings is 1. The summed E-state index contributed by atoms with van der Waals surface area (Å²) >= 11 is 1.87. The first-order chi connectivity index (χ1) is 22.3. The van der Waals surface area contributed by atoms with E-state index in [2.05, 4.69) is 167 Å². The molecule has 0 atom stereocenters. The van der Waals surface area contributed by atoms with E-state index in [4.69, 9.17) is 0 Å². The van der Waals surface area contributed by atoms with Crippen LogP contribution in [-0.4, -0.2) is 9.13 Å². The molecule has 0 N–H and O–H groups in total. The highest BCUT2D eigenvalue weighted by molar-refractivity contribution is 7.25. The average Bonchev–Trinajstić information content (AvgIpc) is 3.76. The van der Waals surface area contributed by atoms with Crippen LogP contribution in [-0.2, 0) is 0 Å². The number of benzene rings is 7. The van der Waals surface area contributed by atoms with Gasteiger partial charge in [-0.2, -0.15) is 0 Å². The van der Waals surface area contributed by atoms with Gasteiger partial charge < -0.3 is 9.13 Å². The lowest BCUT2D eigenvalue weighted by Gasteiger charge is -2.13. The third-order valence-corrected chi connectivity index (χ3v) is 10.5. The second-order valence-corrected chi connectivity index (χ2v) is 12.8. The molecule has 0 aliphatic rings. The fraction of sp³-hybridized carbons (Fsp3) is 0. The Kier molecular flexibility index (Phi) is 5.19. The van der Waals surface area contributed by atoms with Crippen LogP contribution in [0.15, 0.2) is 158 Å². The van der Waals surface area contributed by atoms with Crippen LogP contribution in [0.2, 0.25) is 0 Å². The summed E-state index contributed by atoms with van der Waals surface area (Å²) in [6.07, 6.45) is 0. The van der Waals surface area contributed by atoms with Crippen LogP contribution in [0.25, 0.3) is 86.3 Å². The number of hydrogen-bond acceptors (Lipinski definition) is 1. The van der Waals surface area contributed by atoms with Crippen LogP contribution >= 0.6 is 11.3 Å². The lowest BCUT2D eigenvalue weighted by Crippen LogP contribution is -1.98. The molecule has 0 aliphatic heterocycles. The largest absolute Gasteiger partial charge is 0.307 e. The fourth-order valence-corrected chi connectivity index (χ4v) is 8.47. The summed E-state index contributed by atoms with van der Waals surface area (Å²) in [6, 6.07) is 57.6. The molecule has 210 valence electrons. The molecular weight excluding hydrogens is 565 g/mol.